The zero-order chi connectivity index (χ0) is 14.0. The van der Waals surface area contributed by atoms with Gasteiger partial charge in [0.25, 0.3) is 0 Å². The molecule has 1 aromatic carbocycles. The molecule has 1 aliphatic rings. The Morgan fingerprint density at radius 3 is 2.84 bits per heavy atom. The Morgan fingerprint density at radius 2 is 2.32 bits per heavy atom. The number of benzene rings is 1. The molecule has 0 radical (unpaired) electrons. The summed E-state index contributed by atoms with van der Waals surface area (Å²) in [5.41, 5.74) is 7.67. The summed E-state index contributed by atoms with van der Waals surface area (Å²) in [7, 11) is 0. The summed E-state index contributed by atoms with van der Waals surface area (Å²) in [5, 5.41) is 9.58. The zero-order valence-corrected chi connectivity index (χ0v) is 11.3. The highest BCUT2D eigenvalue weighted by Gasteiger charge is 2.29. The van der Waals surface area contributed by atoms with Crippen LogP contribution in [-0.2, 0) is 4.74 Å². The summed E-state index contributed by atoms with van der Waals surface area (Å²) in [6.07, 6.45) is 0.00848. The Morgan fingerprint density at radius 1 is 1.58 bits per heavy atom. The molecule has 3 N–H and O–H groups in total. The maximum absolute atomic E-state index is 11.4. The molecule has 0 bridgehead atoms. The highest BCUT2D eigenvalue weighted by atomic mass is 16.5. The van der Waals surface area contributed by atoms with Crippen LogP contribution in [-0.4, -0.2) is 36.5 Å². The third-order valence-corrected chi connectivity index (χ3v) is 3.52. The van der Waals surface area contributed by atoms with Gasteiger partial charge in [-0.15, -0.1) is 0 Å². The van der Waals surface area contributed by atoms with Crippen LogP contribution in [0, 0.1) is 6.92 Å². The third-order valence-electron chi connectivity index (χ3n) is 3.52. The Labute approximate surface area is 113 Å². The third kappa shape index (κ3) is 2.72. The van der Waals surface area contributed by atoms with E-state index in [0.29, 0.717) is 18.6 Å². The van der Waals surface area contributed by atoms with Crippen molar-refractivity contribution in [3.8, 4) is 0 Å². The van der Waals surface area contributed by atoms with Crippen molar-refractivity contribution in [2.24, 2.45) is 5.73 Å². The monoisotopic (exact) mass is 264 g/mol. The van der Waals surface area contributed by atoms with Gasteiger partial charge in [0.15, 0.2) is 0 Å². The molecule has 1 fully saturated rings. The quantitative estimate of drug-likeness (QED) is 0.851. The lowest BCUT2D eigenvalue weighted by atomic mass is 10.0. The van der Waals surface area contributed by atoms with Crippen molar-refractivity contribution in [3.05, 3.63) is 29.3 Å². The van der Waals surface area contributed by atoms with Gasteiger partial charge < -0.3 is 20.5 Å². The lowest BCUT2D eigenvalue weighted by Gasteiger charge is -2.30. The SMILES string of the molecule is CCN(c1cccc(C(N)=O)c1C)[C@H]1C[C@H](O)CO1. The van der Waals surface area contributed by atoms with Crippen LogP contribution in [0.2, 0.25) is 0 Å². The molecule has 0 unspecified atom stereocenters. The number of nitrogens with two attached hydrogens (primary N) is 1. The number of hydrogen-bond acceptors (Lipinski definition) is 4. The van der Waals surface area contributed by atoms with Crippen molar-refractivity contribution >= 4 is 11.6 Å². The van der Waals surface area contributed by atoms with Crippen molar-refractivity contribution in [2.75, 3.05) is 18.1 Å². The average Bonchev–Trinajstić information content (AvgIpc) is 2.78. The van der Waals surface area contributed by atoms with E-state index >= 15 is 0 Å². The van der Waals surface area contributed by atoms with Gasteiger partial charge in [-0.3, -0.25) is 4.79 Å². The van der Waals surface area contributed by atoms with Crippen molar-refractivity contribution < 1.29 is 14.6 Å². The number of carbonyl (C=O) groups is 1. The largest absolute Gasteiger partial charge is 0.391 e. The minimum Gasteiger partial charge on any atom is -0.391 e. The van der Waals surface area contributed by atoms with Gasteiger partial charge in [-0.05, 0) is 31.5 Å². The first-order chi connectivity index (χ1) is 9.04. The average molecular weight is 264 g/mol. The van der Waals surface area contributed by atoms with E-state index in [-0.39, 0.29) is 6.23 Å². The van der Waals surface area contributed by atoms with Gasteiger partial charge in [0.05, 0.1) is 12.7 Å². The molecule has 1 amide bonds. The molecule has 0 saturated carbocycles. The molecule has 1 aliphatic heterocycles. The fraction of sp³-hybridized carbons (Fsp3) is 0.500. The fourth-order valence-corrected chi connectivity index (χ4v) is 2.54. The summed E-state index contributed by atoms with van der Waals surface area (Å²) in [6.45, 7) is 4.99. The second-order valence-corrected chi connectivity index (χ2v) is 4.78. The summed E-state index contributed by atoms with van der Waals surface area (Å²) in [5.74, 6) is -0.428. The Balaban J connectivity index is 2.33. The van der Waals surface area contributed by atoms with Gasteiger partial charge in [0.1, 0.15) is 6.23 Å². The van der Waals surface area contributed by atoms with E-state index in [9.17, 15) is 9.90 Å². The van der Waals surface area contributed by atoms with Crippen molar-refractivity contribution in [3.63, 3.8) is 0 Å². The van der Waals surface area contributed by atoms with Crippen LogP contribution in [0.5, 0.6) is 0 Å². The summed E-state index contributed by atoms with van der Waals surface area (Å²) >= 11 is 0. The summed E-state index contributed by atoms with van der Waals surface area (Å²) in [4.78, 5) is 13.4. The van der Waals surface area contributed by atoms with E-state index in [1.807, 2.05) is 26.0 Å². The van der Waals surface area contributed by atoms with Crippen LogP contribution in [0.25, 0.3) is 0 Å². The lowest BCUT2D eigenvalue weighted by Crippen LogP contribution is -2.35. The Hall–Kier alpha value is -1.59. The predicted molar refractivity (Wildman–Crippen MR) is 73.1 cm³/mol. The molecule has 5 heteroatoms. The van der Waals surface area contributed by atoms with Crippen LogP contribution in [0.3, 0.4) is 0 Å². The highest BCUT2D eigenvalue weighted by molar-refractivity contribution is 5.95. The molecule has 0 spiro atoms. The van der Waals surface area contributed by atoms with E-state index in [2.05, 4.69) is 4.90 Å². The summed E-state index contributed by atoms with van der Waals surface area (Å²) in [6, 6.07) is 5.48. The first kappa shape index (κ1) is 13.8. The maximum atomic E-state index is 11.4. The molecular weight excluding hydrogens is 244 g/mol. The van der Waals surface area contributed by atoms with Gasteiger partial charge in [-0.2, -0.15) is 0 Å². The van der Waals surface area contributed by atoms with Gasteiger partial charge in [-0.1, -0.05) is 6.07 Å². The highest BCUT2D eigenvalue weighted by Crippen LogP contribution is 2.28. The van der Waals surface area contributed by atoms with E-state index in [1.54, 1.807) is 6.07 Å². The number of rotatable bonds is 4. The molecule has 1 aromatic rings. The molecule has 2 rings (SSSR count). The van der Waals surface area contributed by atoms with Crippen LogP contribution in [0.15, 0.2) is 18.2 Å². The molecule has 2 atom stereocenters. The number of aliphatic hydroxyl groups is 1. The number of ether oxygens (including phenoxy) is 1. The molecular formula is C14H20N2O3. The number of amides is 1. The number of anilines is 1. The standard InChI is InChI=1S/C14H20N2O3/c1-3-16(13-7-10(17)8-19-13)12-6-4-5-11(9(12)2)14(15)18/h4-6,10,13,17H,3,7-8H2,1-2H3,(H2,15,18)/t10-,13+/m0/s1. The van der Waals surface area contributed by atoms with E-state index in [1.165, 1.54) is 0 Å². The molecule has 1 heterocycles. The van der Waals surface area contributed by atoms with Crippen LogP contribution >= 0.6 is 0 Å². The zero-order valence-electron chi connectivity index (χ0n) is 11.3. The van der Waals surface area contributed by atoms with Gasteiger partial charge in [-0.25, -0.2) is 0 Å². The molecule has 0 aliphatic carbocycles. The first-order valence-corrected chi connectivity index (χ1v) is 6.50. The second-order valence-electron chi connectivity index (χ2n) is 4.78. The molecule has 0 aromatic heterocycles. The predicted octanol–water partition coefficient (Wildman–Crippen LogP) is 1.03. The van der Waals surface area contributed by atoms with Crippen molar-refractivity contribution in [1.82, 2.24) is 0 Å². The van der Waals surface area contributed by atoms with Gasteiger partial charge in [0.2, 0.25) is 5.91 Å². The van der Waals surface area contributed by atoms with Crippen LogP contribution < -0.4 is 10.6 Å². The smallest absolute Gasteiger partial charge is 0.249 e. The minimum absolute atomic E-state index is 0.151. The van der Waals surface area contributed by atoms with Crippen LogP contribution in [0.4, 0.5) is 5.69 Å². The first-order valence-electron chi connectivity index (χ1n) is 6.50. The van der Waals surface area contributed by atoms with E-state index in [0.717, 1.165) is 17.8 Å². The fourth-order valence-electron chi connectivity index (χ4n) is 2.54. The Bertz CT molecular complexity index is 476. The van der Waals surface area contributed by atoms with E-state index < -0.39 is 12.0 Å². The number of aliphatic hydroxyl groups excluding tert-OH is 1. The molecule has 104 valence electrons. The number of nitrogens with zero attached hydrogens (tertiary/aromatic N) is 1. The summed E-state index contributed by atoms with van der Waals surface area (Å²) < 4.78 is 5.59. The Kier molecular flexibility index (Phi) is 4.07. The van der Waals surface area contributed by atoms with Crippen molar-refractivity contribution in [1.29, 1.82) is 0 Å². The molecule has 1 saturated heterocycles. The van der Waals surface area contributed by atoms with E-state index in [4.69, 9.17) is 10.5 Å². The topological polar surface area (TPSA) is 75.8 Å². The lowest BCUT2D eigenvalue weighted by molar-refractivity contribution is 0.0869. The minimum atomic E-state index is -0.428. The number of hydrogen-bond donors (Lipinski definition) is 2. The molecule has 19 heavy (non-hydrogen) atoms. The second kappa shape index (κ2) is 5.59. The van der Waals surface area contributed by atoms with Gasteiger partial charge >= 0.3 is 0 Å². The van der Waals surface area contributed by atoms with Crippen molar-refractivity contribution in [2.45, 2.75) is 32.6 Å². The number of primary amides is 1. The normalized spacial score (nSPS) is 22.5. The van der Waals surface area contributed by atoms with Crippen LogP contribution in [0.1, 0.15) is 29.3 Å². The number of carbonyl (C=O) groups excluding carboxylic acids is 1. The molecule has 5 nitrogen and oxygen atoms in total. The van der Waals surface area contributed by atoms with Gasteiger partial charge in [0, 0.05) is 24.2 Å². The maximum Gasteiger partial charge on any atom is 0.249 e.